The van der Waals surface area contributed by atoms with E-state index < -0.39 is 0 Å². The molecule has 2 rings (SSSR count). The Morgan fingerprint density at radius 1 is 1.07 bits per heavy atom. The van der Waals surface area contributed by atoms with Crippen molar-refractivity contribution in [1.82, 2.24) is 0 Å². The second-order valence-corrected chi connectivity index (χ2v) is 9.60. The lowest BCUT2D eigenvalue weighted by atomic mass is 9.58. The molecule has 30 heavy (non-hydrogen) atoms. The van der Waals surface area contributed by atoms with Gasteiger partial charge in [-0.3, -0.25) is 0 Å². The molecule has 0 spiro atoms. The van der Waals surface area contributed by atoms with Crippen LogP contribution in [-0.2, 0) is 0 Å². The molecule has 0 heteroatoms. The summed E-state index contributed by atoms with van der Waals surface area (Å²) >= 11 is 0. The molecule has 0 amide bonds. The first-order valence-corrected chi connectivity index (χ1v) is 12.2. The number of rotatable bonds is 5. The van der Waals surface area contributed by atoms with E-state index in [-0.39, 0.29) is 5.41 Å². The Bertz CT molecular complexity index is 694. The van der Waals surface area contributed by atoms with Crippen LogP contribution in [0.3, 0.4) is 0 Å². The van der Waals surface area contributed by atoms with Crippen LogP contribution >= 0.6 is 0 Å². The number of benzene rings is 1. The minimum absolute atomic E-state index is 0.0858. The molecule has 0 aliphatic heterocycles. The van der Waals surface area contributed by atoms with E-state index in [0.29, 0.717) is 5.41 Å². The van der Waals surface area contributed by atoms with E-state index in [1.807, 2.05) is 13.8 Å². The van der Waals surface area contributed by atoms with Gasteiger partial charge in [0.15, 0.2) is 0 Å². The van der Waals surface area contributed by atoms with Crippen molar-refractivity contribution in [1.29, 1.82) is 0 Å². The van der Waals surface area contributed by atoms with Gasteiger partial charge in [0.05, 0.1) is 0 Å². The molecule has 1 aromatic rings. The highest BCUT2D eigenvalue weighted by atomic mass is 14.5. The quantitative estimate of drug-likeness (QED) is 0.423. The standard InChI is InChI=1S/C22H30.C6H14.C2H6/c1-8-20-21(5,6)19(14-15-22(20,7)9-2)18-12-10-17(11-13-18)16(3)4;1-4-5-6(2)3;1-2/h8,10-14H,3,9,15H2,1-2,4-7H3;6H,4-5H2,1-3H3;1-2H3/b20-8-;;. The van der Waals surface area contributed by atoms with Gasteiger partial charge in [-0.25, -0.2) is 0 Å². The zero-order valence-corrected chi connectivity index (χ0v) is 22.1. The van der Waals surface area contributed by atoms with Gasteiger partial charge >= 0.3 is 0 Å². The summed E-state index contributed by atoms with van der Waals surface area (Å²) in [5, 5.41) is 0. The fraction of sp³-hybridized carbons (Fsp3) is 0.600. The van der Waals surface area contributed by atoms with Crippen molar-refractivity contribution in [3.05, 3.63) is 59.7 Å². The molecular formula is C30H50. The van der Waals surface area contributed by atoms with Crippen molar-refractivity contribution in [3.8, 4) is 0 Å². The van der Waals surface area contributed by atoms with Crippen LogP contribution in [0.1, 0.15) is 113 Å². The van der Waals surface area contributed by atoms with Gasteiger partial charge in [0.25, 0.3) is 0 Å². The van der Waals surface area contributed by atoms with Crippen molar-refractivity contribution in [2.75, 3.05) is 0 Å². The van der Waals surface area contributed by atoms with Gasteiger partial charge in [0, 0.05) is 5.41 Å². The Labute approximate surface area is 189 Å². The molecule has 0 nitrogen and oxygen atoms in total. The predicted molar refractivity (Wildman–Crippen MR) is 141 cm³/mol. The smallest absolute Gasteiger partial charge is 0.0113 e. The monoisotopic (exact) mass is 410 g/mol. The molecule has 0 aromatic heterocycles. The second-order valence-electron chi connectivity index (χ2n) is 9.60. The van der Waals surface area contributed by atoms with Crippen molar-refractivity contribution < 1.29 is 0 Å². The van der Waals surface area contributed by atoms with Crippen LogP contribution in [-0.4, -0.2) is 0 Å². The van der Waals surface area contributed by atoms with Gasteiger partial charge in [-0.05, 0) is 54.7 Å². The van der Waals surface area contributed by atoms with Gasteiger partial charge in [-0.1, -0.05) is 129 Å². The van der Waals surface area contributed by atoms with Gasteiger partial charge in [-0.2, -0.15) is 0 Å². The Kier molecular flexibility index (Phi) is 12.3. The maximum atomic E-state index is 4.03. The Hall–Kier alpha value is -1.56. The summed E-state index contributed by atoms with van der Waals surface area (Å²) in [5.41, 5.74) is 7.09. The zero-order chi connectivity index (χ0) is 23.5. The summed E-state index contributed by atoms with van der Waals surface area (Å²) in [6.07, 6.45) is 9.83. The molecule has 0 radical (unpaired) electrons. The van der Waals surface area contributed by atoms with E-state index in [2.05, 4.69) is 105 Å². The van der Waals surface area contributed by atoms with E-state index in [9.17, 15) is 0 Å². The topological polar surface area (TPSA) is 0 Å². The Balaban J connectivity index is 0.000000905. The molecule has 1 aliphatic rings. The molecule has 0 saturated carbocycles. The molecule has 0 N–H and O–H groups in total. The fourth-order valence-electron chi connectivity index (χ4n) is 4.63. The number of allylic oxidation sites excluding steroid dienone is 5. The maximum Gasteiger partial charge on any atom is 0.0113 e. The highest BCUT2D eigenvalue weighted by Gasteiger charge is 2.41. The van der Waals surface area contributed by atoms with Crippen LogP contribution in [0.4, 0.5) is 0 Å². The first-order chi connectivity index (χ1) is 14.0. The first kappa shape index (κ1) is 28.4. The van der Waals surface area contributed by atoms with Crippen LogP contribution in [0.15, 0.2) is 48.6 Å². The van der Waals surface area contributed by atoms with Crippen LogP contribution in [0, 0.1) is 16.7 Å². The first-order valence-electron chi connectivity index (χ1n) is 12.2. The van der Waals surface area contributed by atoms with Gasteiger partial charge in [0.2, 0.25) is 0 Å². The Morgan fingerprint density at radius 3 is 1.93 bits per heavy atom. The highest BCUT2D eigenvalue weighted by Crippen LogP contribution is 2.55. The van der Waals surface area contributed by atoms with Crippen molar-refractivity contribution in [2.45, 2.75) is 102 Å². The largest absolute Gasteiger partial charge is 0.0955 e. The van der Waals surface area contributed by atoms with E-state index in [0.717, 1.165) is 17.9 Å². The molecule has 0 bridgehead atoms. The molecule has 1 aromatic carbocycles. The molecular weight excluding hydrogens is 360 g/mol. The van der Waals surface area contributed by atoms with Crippen LogP contribution in [0.2, 0.25) is 0 Å². The highest BCUT2D eigenvalue weighted by molar-refractivity contribution is 5.76. The second kappa shape index (κ2) is 13.0. The SMILES string of the molecule is C=C(C)c1ccc(C2=CCC(C)(CC)/C(=C\C)C2(C)C)cc1.CC.CCCC(C)C. The average molecular weight is 411 g/mol. The van der Waals surface area contributed by atoms with Gasteiger partial charge in [0.1, 0.15) is 0 Å². The lowest BCUT2D eigenvalue weighted by molar-refractivity contribution is 0.311. The summed E-state index contributed by atoms with van der Waals surface area (Å²) in [4.78, 5) is 0. The molecule has 170 valence electrons. The van der Waals surface area contributed by atoms with Gasteiger partial charge < -0.3 is 0 Å². The van der Waals surface area contributed by atoms with Crippen LogP contribution < -0.4 is 0 Å². The lowest BCUT2D eigenvalue weighted by Gasteiger charge is -2.46. The van der Waals surface area contributed by atoms with E-state index >= 15 is 0 Å². The lowest BCUT2D eigenvalue weighted by Crippen LogP contribution is -2.33. The summed E-state index contributed by atoms with van der Waals surface area (Å²) in [6.45, 7) is 28.5. The molecule has 0 saturated heterocycles. The van der Waals surface area contributed by atoms with Crippen molar-refractivity contribution >= 4 is 11.1 Å². The third-order valence-electron chi connectivity index (χ3n) is 6.38. The van der Waals surface area contributed by atoms with Crippen molar-refractivity contribution in [3.63, 3.8) is 0 Å². The van der Waals surface area contributed by atoms with Crippen LogP contribution in [0.5, 0.6) is 0 Å². The fourth-order valence-corrected chi connectivity index (χ4v) is 4.63. The molecule has 1 unspecified atom stereocenters. The zero-order valence-electron chi connectivity index (χ0n) is 22.1. The summed E-state index contributed by atoms with van der Waals surface area (Å²) in [7, 11) is 0. The third kappa shape index (κ3) is 7.29. The summed E-state index contributed by atoms with van der Waals surface area (Å²) in [6, 6.07) is 8.88. The summed E-state index contributed by atoms with van der Waals surface area (Å²) < 4.78 is 0. The maximum absolute atomic E-state index is 4.03. The van der Waals surface area contributed by atoms with Gasteiger partial charge in [-0.15, -0.1) is 0 Å². The minimum Gasteiger partial charge on any atom is -0.0955 e. The molecule has 1 aliphatic carbocycles. The average Bonchev–Trinajstić information content (AvgIpc) is 2.70. The van der Waals surface area contributed by atoms with E-state index in [1.165, 1.54) is 36.0 Å². The minimum atomic E-state index is 0.0858. The number of hydrogen-bond donors (Lipinski definition) is 0. The molecule has 0 heterocycles. The van der Waals surface area contributed by atoms with E-state index in [1.54, 1.807) is 5.57 Å². The number of hydrogen-bond acceptors (Lipinski definition) is 0. The predicted octanol–water partition coefficient (Wildman–Crippen LogP) is 10.4. The molecule has 1 atom stereocenters. The van der Waals surface area contributed by atoms with Crippen LogP contribution in [0.25, 0.3) is 11.1 Å². The third-order valence-corrected chi connectivity index (χ3v) is 6.38. The normalized spacial score (nSPS) is 21.2. The Morgan fingerprint density at radius 2 is 1.60 bits per heavy atom. The molecule has 0 fully saturated rings. The van der Waals surface area contributed by atoms with E-state index in [4.69, 9.17) is 0 Å². The summed E-state index contributed by atoms with van der Waals surface area (Å²) in [5.74, 6) is 0.898. The van der Waals surface area contributed by atoms with Crippen molar-refractivity contribution in [2.24, 2.45) is 16.7 Å².